The van der Waals surface area contributed by atoms with E-state index in [9.17, 15) is 9.90 Å². The van der Waals surface area contributed by atoms with Crippen LogP contribution in [0.15, 0.2) is 29.8 Å². The maximum absolute atomic E-state index is 11.5. The van der Waals surface area contributed by atoms with Crippen molar-refractivity contribution in [2.45, 2.75) is 6.92 Å². The molecule has 0 heterocycles. The lowest BCUT2D eigenvalue weighted by Gasteiger charge is -2.09. The van der Waals surface area contributed by atoms with Gasteiger partial charge in [-0.2, -0.15) is 0 Å². The van der Waals surface area contributed by atoms with Crippen LogP contribution in [0.2, 0.25) is 0 Å². The molecule has 0 radical (unpaired) electrons. The van der Waals surface area contributed by atoms with Gasteiger partial charge in [-0.3, -0.25) is 0 Å². The van der Waals surface area contributed by atoms with Gasteiger partial charge in [-0.05, 0) is 19.1 Å². The number of rotatable bonds is 4. The van der Waals surface area contributed by atoms with Gasteiger partial charge >= 0.3 is 5.97 Å². The van der Waals surface area contributed by atoms with Crippen molar-refractivity contribution in [3.05, 3.63) is 35.4 Å². The third kappa shape index (κ3) is 2.88. The van der Waals surface area contributed by atoms with Crippen LogP contribution in [0, 0.1) is 5.41 Å². The molecule has 0 aliphatic carbocycles. The van der Waals surface area contributed by atoms with Crippen LogP contribution in [0.3, 0.4) is 0 Å². The number of aliphatic hydroxyl groups is 1. The summed E-state index contributed by atoms with van der Waals surface area (Å²) in [5, 5.41) is 17.6. The van der Waals surface area contributed by atoms with Gasteiger partial charge in [-0.15, -0.1) is 0 Å². The Balaban J connectivity index is 3.33. The number of hydrogen-bond donors (Lipinski definition) is 2. The fourth-order valence-electron chi connectivity index (χ4n) is 1.44. The van der Waals surface area contributed by atoms with Crippen molar-refractivity contribution in [2.24, 2.45) is 0 Å². The molecule has 0 fully saturated rings. The summed E-state index contributed by atoms with van der Waals surface area (Å²) in [7, 11) is 2.70. The smallest absolute Gasteiger partial charge is 0.343 e. The van der Waals surface area contributed by atoms with Crippen molar-refractivity contribution in [3.63, 3.8) is 0 Å². The minimum Gasteiger partial charge on any atom is -0.506 e. The minimum absolute atomic E-state index is 0.0674. The standard InChI is InChI=1S/C13H15NO4/c1-8(14)11(13(16)18-3)12(15)9-5-4-6-10(7-9)17-2/h4-7,14-15H,1-3H3/b12-11+,14-8?. The van der Waals surface area contributed by atoms with Crippen LogP contribution in [-0.2, 0) is 9.53 Å². The van der Waals surface area contributed by atoms with Crippen LogP contribution in [0.5, 0.6) is 5.75 Å². The van der Waals surface area contributed by atoms with Crippen LogP contribution in [0.1, 0.15) is 12.5 Å². The van der Waals surface area contributed by atoms with Gasteiger partial charge in [0.15, 0.2) is 0 Å². The first-order valence-corrected chi connectivity index (χ1v) is 5.22. The summed E-state index contributed by atoms with van der Waals surface area (Å²) in [6.07, 6.45) is 0. The molecule has 2 N–H and O–H groups in total. The molecular weight excluding hydrogens is 234 g/mol. The van der Waals surface area contributed by atoms with Crippen molar-refractivity contribution >= 4 is 17.4 Å². The second-order valence-electron chi connectivity index (χ2n) is 3.57. The van der Waals surface area contributed by atoms with Crippen molar-refractivity contribution in [2.75, 3.05) is 14.2 Å². The van der Waals surface area contributed by atoms with Crippen LogP contribution in [0.25, 0.3) is 5.76 Å². The molecule has 0 saturated carbocycles. The quantitative estimate of drug-likeness (QED) is 0.371. The van der Waals surface area contributed by atoms with Crippen LogP contribution >= 0.6 is 0 Å². The van der Waals surface area contributed by atoms with E-state index in [0.717, 1.165) is 0 Å². The molecule has 18 heavy (non-hydrogen) atoms. The molecule has 1 aromatic carbocycles. The Labute approximate surface area is 105 Å². The Bertz CT molecular complexity index is 505. The number of carbonyl (C=O) groups excluding carboxylic acids is 1. The number of hydrogen-bond acceptors (Lipinski definition) is 5. The Morgan fingerprint density at radius 2 is 2.00 bits per heavy atom. The molecule has 96 valence electrons. The van der Waals surface area contributed by atoms with E-state index in [-0.39, 0.29) is 17.0 Å². The lowest BCUT2D eigenvalue weighted by atomic mass is 10.0. The highest BCUT2D eigenvalue weighted by Crippen LogP contribution is 2.22. The van der Waals surface area contributed by atoms with Crippen molar-refractivity contribution in [3.8, 4) is 5.75 Å². The summed E-state index contributed by atoms with van der Waals surface area (Å²) in [5.74, 6) is -0.498. The summed E-state index contributed by atoms with van der Waals surface area (Å²) < 4.78 is 9.57. The molecule has 0 atom stereocenters. The van der Waals surface area contributed by atoms with E-state index in [1.54, 1.807) is 24.3 Å². The van der Waals surface area contributed by atoms with Gasteiger partial charge in [-0.1, -0.05) is 12.1 Å². The number of aliphatic hydroxyl groups excluding tert-OH is 1. The number of nitrogens with one attached hydrogen (secondary N) is 1. The van der Waals surface area contributed by atoms with E-state index in [1.807, 2.05) is 0 Å². The summed E-state index contributed by atoms with van der Waals surface area (Å²) in [4.78, 5) is 11.5. The van der Waals surface area contributed by atoms with Gasteiger partial charge in [0, 0.05) is 11.3 Å². The van der Waals surface area contributed by atoms with Gasteiger partial charge in [-0.25, -0.2) is 4.79 Å². The van der Waals surface area contributed by atoms with E-state index in [1.165, 1.54) is 21.1 Å². The predicted octanol–water partition coefficient (Wildman–Crippen LogP) is 2.18. The van der Waals surface area contributed by atoms with Gasteiger partial charge < -0.3 is 20.0 Å². The van der Waals surface area contributed by atoms with Crippen molar-refractivity contribution in [1.29, 1.82) is 5.41 Å². The zero-order valence-corrected chi connectivity index (χ0v) is 10.5. The highest BCUT2D eigenvalue weighted by molar-refractivity contribution is 6.22. The summed E-state index contributed by atoms with van der Waals surface area (Å²) in [6.45, 7) is 1.41. The minimum atomic E-state index is -0.747. The number of methoxy groups -OCH3 is 2. The maximum atomic E-state index is 11.5. The molecule has 0 saturated heterocycles. The molecule has 0 spiro atoms. The zero-order valence-electron chi connectivity index (χ0n) is 10.5. The van der Waals surface area contributed by atoms with E-state index in [4.69, 9.17) is 10.1 Å². The first-order valence-electron chi connectivity index (χ1n) is 5.22. The first kappa shape index (κ1) is 13.8. The van der Waals surface area contributed by atoms with E-state index in [2.05, 4.69) is 4.74 Å². The largest absolute Gasteiger partial charge is 0.506 e. The summed E-state index contributed by atoms with van der Waals surface area (Å²) in [5.41, 5.74) is 0.161. The molecule has 0 aliphatic heterocycles. The molecular formula is C13H15NO4. The Kier molecular flexibility index (Phi) is 4.48. The SMILES string of the molecule is COC(=O)/C(C(C)=N)=C(/O)c1cccc(OC)c1. The van der Waals surface area contributed by atoms with Crippen molar-refractivity contribution in [1.82, 2.24) is 0 Å². The average Bonchev–Trinajstić information content (AvgIpc) is 2.38. The zero-order chi connectivity index (χ0) is 13.7. The fraction of sp³-hybridized carbons (Fsp3) is 0.231. The Hall–Kier alpha value is -2.30. The molecule has 0 aromatic heterocycles. The lowest BCUT2D eigenvalue weighted by Crippen LogP contribution is -2.13. The van der Waals surface area contributed by atoms with Crippen LogP contribution in [-0.4, -0.2) is 31.0 Å². The summed E-state index contributed by atoms with van der Waals surface area (Å²) >= 11 is 0. The topological polar surface area (TPSA) is 79.6 Å². The number of ether oxygens (including phenoxy) is 2. The van der Waals surface area contributed by atoms with Gasteiger partial charge in [0.1, 0.15) is 17.1 Å². The van der Waals surface area contributed by atoms with E-state index in [0.29, 0.717) is 11.3 Å². The number of carbonyl (C=O) groups is 1. The second-order valence-corrected chi connectivity index (χ2v) is 3.57. The summed E-state index contributed by atoms with van der Waals surface area (Å²) in [6, 6.07) is 6.58. The van der Waals surface area contributed by atoms with Crippen LogP contribution in [0.4, 0.5) is 0 Å². The average molecular weight is 249 g/mol. The second kappa shape index (κ2) is 5.86. The van der Waals surface area contributed by atoms with E-state index >= 15 is 0 Å². The fourth-order valence-corrected chi connectivity index (χ4v) is 1.44. The van der Waals surface area contributed by atoms with Gasteiger partial charge in [0.25, 0.3) is 0 Å². The molecule has 1 rings (SSSR count). The number of benzene rings is 1. The molecule has 0 amide bonds. The van der Waals surface area contributed by atoms with Gasteiger partial charge in [0.2, 0.25) is 0 Å². The maximum Gasteiger partial charge on any atom is 0.343 e. The van der Waals surface area contributed by atoms with Crippen LogP contribution < -0.4 is 4.74 Å². The first-order chi connectivity index (χ1) is 8.51. The normalized spacial score (nSPS) is 11.5. The molecule has 0 aliphatic rings. The van der Waals surface area contributed by atoms with E-state index < -0.39 is 5.97 Å². The lowest BCUT2D eigenvalue weighted by molar-refractivity contribution is -0.135. The third-order valence-corrected chi connectivity index (χ3v) is 2.34. The predicted molar refractivity (Wildman–Crippen MR) is 68.0 cm³/mol. The highest BCUT2D eigenvalue weighted by Gasteiger charge is 2.19. The Morgan fingerprint density at radius 1 is 1.33 bits per heavy atom. The molecule has 5 heteroatoms. The highest BCUT2D eigenvalue weighted by atomic mass is 16.5. The third-order valence-electron chi connectivity index (χ3n) is 2.34. The molecule has 0 unspecified atom stereocenters. The molecule has 0 bridgehead atoms. The van der Waals surface area contributed by atoms with Crippen molar-refractivity contribution < 1.29 is 19.4 Å². The van der Waals surface area contributed by atoms with Gasteiger partial charge in [0.05, 0.1) is 14.2 Å². The molecule has 5 nitrogen and oxygen atoms in total. The Morgan fingerprint density at radius 3 is 2.50 bits per heavy atom. The number of esters is 1. The molecule has 1 aromatic rings. The monoisotopic (exact) mass is 249 g/mol.